The molecule has 6 rings (SSSR count). The number of ketones is 1. The topological polar surface area (TPSA) is 102 Å². The summed E-state index contributed by atoms with van der Waals surface area (Å²) >= 11 is 2.55. The standard InChI is InChI=1S/C30H24FN3O5S2/c1-16-13-20-14-19(7-12-23(20)39-16)26(35)24-25(18-5-10-22(38-2)11-6-18)34(28(37)27(24)36)29-32-33-30(41-29)40-15-17-3-8-21(31)9-4-17/h3-12,14,16,25,35H,13,15H2,1-2H3/b26-24+/t16-,25-/m1/s1. The van der Waals surface area contributed by atoms with Gasteiger partial charge in [-0.05, 0) is 66.1 Å². The lowest BCUT2D eigenvalue weighted by molar-refractivity contribution is -0.132. The van der Waals surface area contributed by atoms with Crippen LogP contribution in [0.15, 0.2) is 76.6 Å². The smallest absolute Gasteiger partial charge is 0.301 e. The third-order valence-corrected chi connectivity index (χ3v) is 9.05. The first-order valence-electron chi connectivity index (χ1n) is 12.8. The number of aromatic nitrogens is 2. The number of hydrogen-bond acceptors (Lipinski definition) is 9. The summed E-state index contributed by atoms with van der Waals surface area (Å²) in [5.74, 6) is -0.343. The summed E-state index contributed by atoms with van der Waals surface area (Å²) in [6.07, 6.45) is 0.690. The molecule has 3 heterocycles. The lowest BCUT2D eigenvalue weighted by Gasteiger charge is -2.22. The van der Waals surface area contributed by atoms with Gasteiger partial charge in [-0.25, -0.2) is 4.39 Å². The van der Waals surface area contributed by atoms with Gasteiger partial charge in [0.2, 0.25) is 5.13 Å². The SMILES string of the molecule is COc1ccc([C@@H]2/C(=C(\O)c3ccc4c(c3)C[C@@H](C)O4)C(=O)C(=O)N2c2nnc(SCc3ccc(F)cc3)s2)cc1. The third-order valence-electron chi connectivity index (χ3n) is 6.92. The molecule has 11 heteroatoms. The van der Waals surface area contributed by atoms with Crippen molar-refractivity contribution in [3.8, 4) is 11.5 Å². The Morgan fingerprint density at radius 1 is 1.12 bits per heavy atom. The minimum atomic E-state index is -0.938. The summed E-state index contributed by atoms with van der Waals surface area (Å²) in [5, 5.41) is 20.2. The number of anilines is 1. The van der Waals surface area contributed by atoms with E-state index in [2.05, 4.69) is 10.2 Å². The number of nitrogens with zero attached hydrogens (tertiary/aromatic N) is 3. The average Bonchev–Trinajstić information content (AvgIpc) is 3.67. The van der Waals surface area contributed by atoms with E-state index in [0.717, 1.165) is 28.2 Å². The Bertz CT molecular complexity index is 1670. The Kier molecular flexibility index (Phi) is 7.22. The van der Waals surface area contributed by atoms with Crippen LogP contribution in [0.5, 0.6) is 11.5 Å². The van der Waals surface area contributed by atoms with Crippen molar-refractivity contribution < 1.29 is 28.6 Å². The highest BCUT2D eigenvalue weighted by Gasteiger charge is 2.48. The lowest BCUT2D eigenvalue weighted by Crippen LogP contribution is -2.29. The van der Waals surface area contributed by atoms with Crippen molar-refractivity contribution in [3.05, 3.63) is 100 Å². The van der Waals surface area contributed by atoms with Gasteiger partial charge >= 0.3 is 5.91 Å². The van der Waals surface area contributed by atoms with E-state index in [9.17, 15) is 19.1 Å². The summed E-state index contributed by atoms with van der Waals surface area (Å²) in [6.45, 7) is 1.96. The maximum atomic E-state index is 13.5. The summed E-state index contributed by atoms with van der Waals surface area (Å²) < 4.78 is 24.9. The number of amides is 1. The van der Waals surface area contributed by atoms with E-state index in [1.54, 1.807) is 61.7 Å². The van der Waals surface area contributed by atoms with Crippen molar-refractivity contribution in [1.29, 1.82) is 0 Å². The fourth-order valence-electron chi connectivity index (χ4n) is 4.94. The second-order valence-electron chi connectivity index (χ2n) is 9.66. The van der Waals surface area contributed by atoms with Gasteiger partial charge in [-0.1, -0.05) is 47.4 Å². The monoisotopic (exact) mass is 589 g/mol. The number of benzene rings is 3. The van der Waals surface area contributed by atoms with Crippen LogP contribution in [0.25, 0.3) is 5.76 Å². The number of carbonyl (C=O) groups is 2. The molecule has 2 atom stereocenters. The van der Waals surface area contributed by atoms with E-state index in [1.807, 2.05) is 6.92 Å². The maximum Gasteiger partial charge on any atom is 0.301 e. The number of thioether (sulfide) groups is 1. The highest BCUT2D eigenvalue weighted by molar-refractivity contribution is 8.00. The molecular formula is C30H24FN3O5S2. The number of rotatable bonds is 7. The van der Waals surface area contributed by atoms with Gasteiger partial charge in [0.15, 0.2) is 4.34 Å². The van der Waals surface area contributed by atoms with Crippen molar-refractivity contribution in [2.45, 2.75) is 35.6 Å². The summed E-state index contributed by atoms with van der Waals surface area (Å²) in [6, 6.07) is 17.4. The number of aliphatic hydroxyl groups is 1. The van der Waals surface area contributed by atoms with Crippen molar-refractivity contribution in [2.75, 3.05) is 12.0 Å². The fraction of sp³-hybridized carbons (Fsp3) is 0.200. The van der Waals surface area contributed by atoms with Gasteiger partial charge in [-0.3, -0.25) is 14.5 Å². The first-order valence-corrected chi connectivity index (χ1v) is 14.6. The molecule has 1 amide bonds. The van der Waals surface area contributed by atoms with E-state index in [1.165, 1.54) is 28.8 Å². The first kappa shape index (κ1) is 27.0. The van der Waals surface area contributed by atoms with Gasteiger partial charge in [-0.15, -0.1) is 10.2 Å². The molecule has 2 aliphatic heterocycles. The molecule has 1 fully saturated rings. The molecule has 0 radical (unpaired) electrons. The van der Waals surface area contributed by atoms with Crippen LogP contribution in [-0.4, -0.2) is 40.2 Å². The van der Waals surface area contributed by atoms with Gasteiger partial charge in [0.1, 0.15) is 29.2 Å². The summed E-state index contributed by atoms with van der Waals surface area (Å²) in [7, 11) is 1.55. The largest absolute Gasteiger partial charge is 0.507 e. The number of methoxy groups -OCH3 is 1. The van der Waals surface area contributed by atoms with Gasteiger partial charge < -0.3 is 14.6 Å². The van der Waals surface area contributed by atoms with Crippen molar-refractivity contribution >= 4 is 45.7 Å². The van der Waals surface area contributed by atoms with E-state index < -0.39 is 17.7 Å². The maximum absolute atomic E-state index is 13.5. The van der Waals surface area contributed by atoms with Crippen LogP contribution in [-0.2, 0) is 21.8 Å². The molecule has 2 aliphatic rings. The zero-order chi connectivity index (χ0) is 28.7. The van der Waals surface area contributed by atoms with Gasteiger partial charge in [0.25, 0.3) is 5.78 Å². The average molecular weight is 590 g/mol. The van der Waals surface area contributed by atoms with Crippen molar-refractivity contribution in [1.82, 2.24) is 10.2 Å². The van der Waals surface area contributed by atoms with Gasteiger partial charge in [-0.2, -0.15) is 0 Å². The quantitative estimate of drug-likeness (QED) is 0.0931. The number of ether oxygens (including phenoxy) is 2. The molecule has 1 aromatic heterocycles. The Balaban J connectivity index is 1.38. The Morgan fingerprint density at radius 3 is 2.61 bits per heavy atom. The number of Topliss-reactive ketones (excluding diaryl/α,β-unsaturated/α-hetero) is 1. The molecule has 1 N–H and O–H groups in total. The molecule has 3 aromatic carbocycles. The van der Waals surface area contributed by atoms with Crippen LogP contribution < -0.4 is 14.4 Å². The predicted molar refractivity (Wildman–Crippen MR) is 154 cm³/mol. The predicted octanol–water partition coefficient (Wildman–Crippen LogP) is 5.93. The van der Waals surface area contributed by atoms with Crippen LogP contribution in [0.3, 0.4) is 0 Å². The zero-order valence-electron chi connectivity index (χ0n) is 22.0. The highest BCUT2D eigenvalue weighted by Crippen LogP contribution is 2.45. The molecule has 0 unspecified atom stereocenters. The molecule has 0 spiro atoms. The molecule has 0 aliphatic carbocycles. The second-order valence-corrected chi connectivity index (χ2v) is 11.8. The minimum absolute atomic E-state index is 0.0137. The van der Waals surface area contributed by atoms with E-state index in [4.69, 9.17) is 9.47 Å². The van der Waals surface area contributed by atoms with Crippen LogP contribution in [0.4, 0.5) is 9.52 Å². The number of halogens is 1. The van der Waals surface area contributed by atoms with Crippen LogP contribution >= 0.6 is 23.1 Å². The Labute approximate surface area is 243 Å². The van der Waals surface area contributed by atoms with Crippen molar-refractivity contribution in [2.24, 2.45) is 0 Å². The normalized spacial score (nSPS) is 19.3. The molecule has 208 valence electrons. The van der Waals surface area contributed by atoms with E-state index in [-0.39, 0.29) is 28.4 Å². The van der Waals surface area contributed by atoms with Crippen LogP contribution in [0.2, 0.25) is 0 Å². The van der Waals surface area contributed by atoms with Gasteiger partial charge in [0, 0.05) is 17.7 Å². The first-order chi connectivity index (χ1) is 19.8. The second kappa shape index (κ2) is 11.0. The minimum Gasteiger partial charge on any atom is -0.507 e. The molecule has 8 nitrogen and oxygen atoms in total. The van der Waals surface area contributed by atoms with E-state index in [0.29, 0.717) is 33.4 Å². The molecule has 0 saturated carbocycles. The molecule has 41 heavy (non-hydrogen) atoms. The zero-order valence-corrected chi connectivity index (χ0v) is 23.7. The van der Waals surface area contributed by atoms with Gasteiger partial charge in [0.05, 0.1) is 18.7 Å². The van der Waals surface area contributed by atoms with Crippen LogP contribution in [0.1, 0.15) is 35.2 Å². The molecular weight excluding hydrogens is 565 g/mol. The highest BCUT2D eigenvalue weighted by atomic mass is 32.2. The number of carbonyl (C=O) groups excluding carboxylic acids is 2. The number of fused-ring (bicyclic) bond motifs is 1. The van der Waals surface area contributed by atoms with E-state index >= 15 is 0 Å². The Hall–Kier alpha value is -4.22. The Morgan fingerprint density at radius 2 is 1.88 bits per heavy atom. The number of hydrogen-bond donors (Lipinski definition) is 1. The summed E-state index contributed by atoms with van der Waals surface area (Å²) in [5.41, 5.74) is 2.80. The fourth-order valence-corrected chi connectivity index (χ4v) is 6.76. The molecule has 1 saturated heterocycles. The summed E-state index contributed by atoms with van der Waals surface area (Å²) in [4.78, 5) is 28.3. The molecule has 4 aromatic rings. The third kappa shape index (κ3) is 5.18. The lowest BCUT2D eigenvalue weighted by atomic mass is 9.94. The van der Waals surface area contributed by atoms with Crippen LogP contribution in [0, 0.1) is 5.82 Å². The molecule has 0 bridgehead atoms. The number of aliphatic hydroxyl groups excluding tert-OH is 1. The van der Waals surface area contributed by atoms with Crippen molar-refractivity contribution in [3.63, 3.8) is 0 Å².